The molecule has 0 radical (unpaired) electrons. The molecule has 0 aliphatic carbocycles. The average Bonchev–Trinajstić information content (AvgIpc) is 3.18. The summed E-state index contributed by atoms with van der Waals surface area (Å²) in [6.45, 7) is 6.03. The summed E-state index contributed by atoms with van der Waals surface area (Å²) >= 11 is 8.17. The largest absolute Gasteiger partial charge is 0.495 e. The molecule has 0 saturated heterocycles. The second kappa shape index (κ2) is 9.12. The zero-order valence-corrected chi connectivity index (χ0v) is 18.7. The van der Waals surface area contributed by atoms with Crippen molar-refractivity contribution in [2.75, 3.05) is 17.7 Å². The number of para-hydroxylation sites is 1. The Morgan fingerprint density at radius 3 is 2.63 bits per heavy atom. The summed E-state index contributed by atoms with van der Waals surface area (Å²) in [4.78, 5) is 10.1. The van der Waals surface area contributed by atoms with Gasteiger partial charge >= 0.3 is 0 Å². The monoisotopic (exact) mass is 441 g/mol. The molecule has 1 aromatic heterocycles. The van der Waals surface area contributed by atoms with Crippen molar-refractivity contribution in [3.05, 3.63) is 58.7 Å². The third kappa shape index (κ3) is 4.64. The Hall–Kier alpha value is -2.48. The predicted octanol–water partition coefficient (Wildman–Crippen LogP) is 5.73. The van der Waals surface area contributed by atoms with E-state index in [9.17, 15) is 0 Å². The van der Waals surface area contributed by atoms with Crippen LogP contribution in [0.3, 0.4) is 0 Å². The Kier molecular flexibility index (Phi) is 6.32. The number of anilines is 4. The van der Waals surface area contributed by atoms with E-state index in [2.05, 4.69) is 51.9 Å². The van der Waals surface area contributed by atoms with E-state index >= 15 is 0 Å². The number of rotatable bonds is 7. The van der Waals surface area contributed by atoms with E-state index in [1.807, 2.05) is 24.3 Å². The van der Waals surface area contributed by atoms with Gasteiger partial charge in [0.2, 0.25) is 5.95 Å². The number of nitrogens with zero attached hydrogens (tertiary/aromatic N) is 2. The summed E-state index contributed by atoms with van der Waals surface area (Å²) < 4.78 is 5.55. The molecule has 2 heterocycles. The lowest BCUT2D eigenvalue weighted by molar-refractivity contribution is 0.416. The van der Waals surface area contributed by atoms with Crippen LogP contribution in [0.4, 0.5) is 23.1 Å². The van der Waals surface area contributed by atoms with E-state index in [-0.39, 0.29) is 0 Å². The van der Waals surface area contributed by atoms with E-state index in [0.29, 0.717) is 22.0 Å². The van der Waals surface area contributed by atoms with E-state index in [4.69, 9.17) is 16.3 Å². The van der Waals surface area contributed by atoms with Crippen molar-refractivity contribution in [1.82, 2.24) is 15.3 Å². The molecular formula is C22H24ClN5OS. The lowest BCUT2D eigenvalue weighted by atomic mass is 10.1. The Balaban J connectivity index is 1.61. The second-order valence-electron chi connectivity index (χ2n) is 7.23. The molecule has 8 heteroatoms. The molecule has 1 aliphatic rings. The minimum atomic E-state index is 0.445. The van der Waals surface area contributed by atoms with Gasteiger partial charge in [0.25, 0.3) is 0 Å². The van der Waals surface area contributed by atoms with E-state index in [1.165, 1.54) is 11.1 Å². The average molecular weight is 442 g/mol. The molecule has 0 saturated carbocycles. The number of thioether (sulfide) groups is 1. The number of nitrogens with one attached hydrogen (secondary N) is 3. The van der Waals surface area contributed by atoms with Gasteiger partial charge in [-0.25, -0.2) is 4.98 Å². The van der Waals surface area contributed by atoms with Gasteiger partial charge in [-0.15, -0.1) is 11.8 Å². The first-order valence-corrected chi connectivity index (χ1v) is 11.0. The minimum absolute atomic E-state index is 0.445. The topological polar surface area (TPSA) is 71.1 Å². The number of aromatic nitrogens is 2. The highest BCUT2D eigenvalue weighted by atomic mass is 35.5. The van der Waals surface area contributed by atoms with Gasteiger partial charge < -0.3 is 20.7 Å². The van der Waals surface area contributed by atoms with Crippen LogP contribution >= 0.6 is 23.4 Å². The molecule has 3 N–H and O–H groups in total. The zero-order chi connectivity index (χ0) is 21.1. The number of hydrogen-bond donors (Lipinski definition) is 3. The summed E-state index contributed by atoms with van der Waals surface area (Å²) in [5.74, 6) is 1.75. The van der Waals surface area contributed by atoms with Crippen LogP contribution in [0.1, 0.15) is 25.0 Å². The molecular weight excluding hydrogens is 418 g/mol. The van der Waals surface area contributed by atoms with Gasteiger partial charge in [-0.05, 0) is 35.4 Å². The summed E-state index contributed by atoms with van der Waals surface area (Å²) in [5.41, 5.74) is 4.27. The molecule has 30 heavy (non-hydrogen) atoms. The molecule has 0 fully saturated rings. The smallest absolute Gasteiger partial charge is 0.229 e. The van der Waals surface area contributed by atoms with Crippen LogP contribution in [0.5, 0.6) is 5.75 Å². The Morgan fingerprint density at radius 1 is 1.10 bits per heavy atom. The van der Waals surface area contributed by atoms with Gasteiger partial charge in [0.05, 0.1) is 24.7 Å². The molecule has 3 aromatic rings. The molecule has 6 nitrogen and oxygen atoms in total. The maximum atomic E-state index is 6.39. The third-order valence-electron chi connectivity index (χ3n) is 4.65. The van der Waals surface area contributed by atoms with Crippen LogP contribution in [0, 0.1) is 0 Å². The van der Waals surface area contributed by atoms with E-state index in [1.54, 1.807) is 25.1 Å². The van der Waals surface area contributed by atoms with E-state index in [0.717, 1.165) is 35.1 Å². The molecule has 2 aromatic carbocycles. The van der Waals surface area contributed by atoms with Crippen LogP contribution in [0.2, 0.25) is 5.02 Å². The third-order valence-corrected chi connectivity index (χ3v) is 6.00. The highest BCUT2D eigenvalue weighted by Crippen LogP contribution is 2.35. The quantitative estimate of drug-likeness (QED) is 0.404. The highest BCUT2D eigenvalue weighted by Gasteiger charge is 2.16. The zero-order valence-electron chi connectivity index (χ0n) is 17.1. The van der Waals surface area contributed by atoms with Crippen LogP contribution in [-0.2, 0) is 13.1 Å². The number of hydrogen-bond acceptors (Lipinski definition) is 7. The van der Waals surface area contributed by atoms with Crippen molar-refractivity contribution in [3.8, 4) is 5.75 Å². The van der Waals surface area contributed by atoms with Crippen molar-refractivity contribution in [2.24, 2.45) is 0 Å². The summed E-state index contributed by atoms with van der Waals surface area (Å²) in [7, 11) is 1.66. The fourth-order valence-electron chi connectivity index (χ4n) is 3.28. The summed E-state index contributed by atoms with van der Waals surface area (Å²) in [6.07, 6.45) is 1.60. The first-order valence-electron chi connectivity index (χ1n) is 9.76. The maximum Gasteiger partial charge on any atom is 0.229 e. The standard InChI is InChI=1S/C22H24ClN5OS/c1-13(2)30-20-7-5-4-6-17(20)26-21-16(23)12-25-22(28-21)27-18-8-14-10-24-11-15(14)9-19(18)29-3/h4-9,12-13,24H,10-11H2,1-3H3,(H2,25,26,27,28). The molecule has 156 valence electrons. The number of benzene rings is 2. The molecule has 0 bridgehead atoms. The normalized spacial score (nSPS) is 12.7. The van der Waals surface area contributed by atoms with Crippen LogP contribution in [0.25, 0.3) is 0 Å². The maximum absolute atomic E-state index is 6.39. The van der Waals surface area contributed by atoms with Gasteiger partial charge in [-0.3, -0.25) is 0 Å². The molecule has 1 aliphatic heterocycles. The fourth-order valence-corrected chi connectivity index (χ4v) is 4.33. The Morgan fingerprint density at radius 2 is 1.87 bits per heavy atom. The Labute approximate surface area is 185 Å². The lowest BCUT2D eigenvalue weighted by Crippen LogP contribution is -2.04. The van der Waals surface area contributed by atoms with Crippen LogP contribution in [0.15, 0.2) is 47.5 Å². The van der Waals surface area contributed by atoms with Crippen molar-refractivity contribution < 1.29 is 4.74 Å². The SMILES string of the molecule is COc1cc2c(cc1Nc1ncc(Cl)c(Nc3ccccc3SC(C)C)n1)CNC2. The lowest BCUT2D eigenvalue weighted by Gasteiger charge is -2.15. The molecule has 0 spiro atoms. The second-order valence-corrected chi connectivity index (χ2v) is 9.25. The number of fused-ring (bicyclic) bond motifs is 1. The first-order chi connectivity index (χ1) is 14.5. The van der Waals surface area contributed by atoms with Crippen molar-refractivity contribution in [2.45, 2.75) is 37.1 Å². The summed E-state index contributed by atoms with van der Waals surface area (Å²) in [6, 6.07) is 12.3. The van der Waals surface area contributed by atoms with Gasteiger partial charge in [0, 0.05) is 23.2 Å². The van der Waals surface area contributed by atoms with Gasteiger partial charge in [0.15, 0.2) is 5.82 Å². The van der Waals surface area contributed by atoms with Gasteiger partial charge in [-0.1, -0.05) is 37.6 Å². The van der Waals surface area contributed by atoms with Crippen molar-refractivity contribution in [3.63, 3.8) is 0 Å². The number of ether oxygens (including phenoxy) is 1. The molecule has 0 unspecified atom stereocenters. The highest BCUT2D eigenvalue weighted by molar-refractivity contribution is 8.00. The first kappa shape index (κ1) is 20.8. The Bertz CT molecular complexity index is 1060. The molecule has 4 rings (SSSR count). The number of methoxy groups -OCH3 is 1. The molecule has 0 atom stereocenters. The van der Waals surface area contributed by atoms with Crippen molar-refractivity contribution in [1.29, 1.82) is 0 Å². The summed E-state index contributed by atoms with van der Waals surface area (Å²) in [5, 5.41) is 10.9. The molecule has 0 amide bonds. The van der Waals surface area contributed by atoms with Crippen LogP contribution < -0.4 is 20.7 Å². The fraction of sp³-hybridized carbons (Fsp3) is 0.273. The van der Waals surface area contributed by atoms with E-state index < -0.39 is 0 Å². The predicted molar refractivity (Wildman–Crippen MR) is 125 cm³/mol. The van der Waals surface area contributed by atoms with Gasteiger partial charge in [0.1, 0.15) is 10.8 Å². The van der Waals surface area contributed by atoms with Crippen LogP contribution in [-0.4, -0.2) is 22.3 Å². The number of halogens is 1. The van der Waals surface area contributed by atoms with Gasteiger partial charge in [-0.2, -0.15) is 4.98 Å². The van der Waals surface area contributed by atoms with Crippen molar-refractivity contribution >= 4 is 46.5 Å². The minimum Gasteiger partial charge on any atom is -0.495 e.